The zero-order chi connectivity index (χ0) is 11.3. The minimum absolute atomic E-state index is 0.00959. The van der Waals surface area contributed by atoms with Crippen molar-refractivity contribution in [2.75, 3.05) is 13.3 Å². The van der Waals surface area contributed by atoms with Crippen LogP contribution in [0.2, 0.25) is 0 Å². The molecule has 0 heterocycles. The molecule has 1 aromatic rings. The number of nitrogens with two attached hydrogens (primary N) is 1. The summed E-state index contributed by atoms with van der Waals surface area (Å²) in [6, 6.07) is 5.18. The number of alkyl halides is 1. The highest BCUT2D eigenvalue weighted by Crippen LogP contribution is 2.16. The maximum atomic E-state index is 11.8. The first-order valence-corrected chi connectivity index (χ1v) is 4.42. The van der Waals surface area contributed by atoms with Gasteiger partial charge in [-0.15, -0.1) is 0 Å². The van der Waals surface area contributed by atoms with Crippen molar-refractivity contribution < 1.29 is 19.0 Å². The topological polar surface area (TPSA) is 72.6 Å². The molecule has 0 radical (unpaired) electrons. The fraction of sp³-hybridized carbons (Fsp3) is 0.300. The highest BCUT2D eigenvalue weighted by atomic mass is 19.1. The number of carboxylic acids is 1. The van der Waals surface area contributed by atoms with Gasteiger partial charge in [-0.1, -0.05) is 12.1 Å². The number of benzene rings is 1. The SMILES string of the molecule is NC(C(=O)O)c1ccc(OCCF)cc1. The standard InChI is InChI=1S/C10H12FNO3/c11-5-6-15-8-3-1-7(2-4-8)9(12)10(13)14/h1-4,9H,5-6,12H2,(H,13,14). The highest BCUT2D eigenvalue weighted by Gasteiger charge is 2.13. The molecule has 5 heteroatoms. The molecule has 0 saturated heterocycles. The number of halogens is 1. The van der Waals surface area contributed by atoms with Crippen LogP contribution < -0.4 is 10.5 Å². The van der Waals surface area contributed by atoms with Crippen LogP contribution in [-0.4, -0.2) is 24.4 Å². The Labute approximate surface area is 86.5 Å². The summed E-state index contributed by atoms with van der Waals surface area (Å²) in [5.41, 5.74) is 5.87. The largest absolute Gasteiger partial charge is 0.491 e. The Morgan fingerprint density at radius 2 is 2.07 bits per heavy atom. The van der Waals surface area contributed by atoms with Crippen LogP contribution in [0.5, 0.6) is 5.75 Å². The minimum Gasteiger partial charge on any atom is -0.491 e. The number of hydrogen-bond acceptors (Lipinski definition) is 3. The minimum atomic E-state index is -1.09. The van der Waals surface area contributed by atoms with E-state index in [9.17, 15) is 9.18 Å². The van der Waals surface area contributed by atoms with Gasteiger partial charge in [0.05, 0.1) is 0 Å². The molecule has 1 aromatic carbocycles. The van der Waals surface area contributed by atoms with Gasteiger partial charge >= 0.3 is 5.97 Å². The number of ether oxygens (including phenoxy) is 1. The lowest BCUT2D eigenvalue weighted by Gasteiger charge is -2.08. The summed E-state index contributed by atoms with van der Waals surface area (Å²) in [5, 5.41) is 8.64. The monoisotopic (exact) mass is 213 g/mol. The third kappa shape index (κ3) is 3.21. The van der Waals surface area contributed by atoms with Crippen LogP contribution >= 0.6 is 0 Å². The van der Waals surface area contributed by atoms with Crippen molar-refractivity contribution in [3.63, 3.8) is 0 Å². The van der Waals surface area contributed by atoms with E-state index in [-0.39, 0.29) is 6.61 Å². The molecular formula is C10H12FNO3. The number of carbonyl (C=O) groups is 1. The molecule has 4 nitrogen and oxygen atoms in total. The summed E-state index contributed by atoms with van der Waals surface area (Å²) in [5.74, 6) is -0.596. The van der Waals surface area contributed by atoms with E-state index in [4.69, 9.17) is 15.6 Å². The van der Waals surface area contributed by atoms with Crippen molar-refractivity contribution >= 4 is 5.97 Å². The Balaban J connectivity index is 2.67. The number of carboxylic acid groups (broad SMARTS) is 1. The van der Waals surface area contributed by atoms with Gasteiger partial charge in [0.1, 0.15) is 25.1 Å². The molecule has 0 aromatic heterocycles. The van der Waals surface area contributed by atoms with E-state index in [1.165, 1.54) is 0 Å². The van der Waals surface area contributed by atoms with Crippen LogP contribution in [0.25, 0.3) is 0 Å². The second-order valence-electron chi connectivity index (χ2n) is 2.92. The number of hydrogen-bond donors (Lipinski definition) is 2. The molecule has 0 aliphatic rings. The van der Waals surface area contributed by atoms with E-state index < -0.39 is 18.7 Å². The lowest BCUT2D eigenvalue weighted by atomic mass is 10.1. The van der Waals surface area contributed by atoms with Crippen molar-refractivity contribution in [3.8, 4) is 5.75 Å². The quantitative estimate of drug-likeness (QED) is 0.768. The molecule has 0 amide bonds. The fourth-order valence-electron chi connectivity index (χ4n) is 1.07. The third-order valence-corrected chi connectivity index (χ3v) is 1.85. The average Bonchev–Trinajstić information content (AvgIpc) is 2.26. The number of rotatable bonds is 5. The summed E-state index contributed by atoms with van der Waals surface area (Å²) in [6.45, 7) is -0.569. The van der Waals surface area contributed by atoms with Crippen LogP contribution in [-0.2, 0) is 4.79 Å². The summed E-state index contributed by atoms with van der Waals surface area (Å²) < 4.78 is 16.8. The molecule has 15 heavy (non-hydrogen) atoms. The lowest BCUT2D eigenvalue weighted by molar-refractivity contribution is -0.138. The van der Waals surface area contributed by atoms with Crippen molar-refractivity contribution in [2.45, 2.75) is 6.04 Å². The van der Waals surface area contributed by atoms with E-state index in [0.717, 1.165) is 0 Å². The van der Waals surface area contributed by atoms with E-state index in [0.29, 0.717) is 11.3 Å². The van der Waals surface area contributed by atoms with E-state index in [2.05, 4.69) is 0 Å². The normalized spacial score (nSPS) is 12.1. The molecule has 1 rings (SSSR count). The first kappa shape index (κ1) is 11.5. The first-order valence-electron chi connectivity index (χ1n) is 4.42. The average molecular weight is 213 g/mol. The smallest absolute Gasteiger partial charge is 0.325 e. The summed E-state index contributed by atoms with van der Waals surface area (Å²) in [6.07, 6.45) is 0. The fourth-order valence-corrected chi connectivity index (χ4v) is 1.07. The van der Waals surface area contributed by atoms with Crippen LogP contribution in [0, 0.1) is 0 Å². The van der Waals surface area contributed by atoms with Crippen molar-refractivity contribution in [1.29, 1.82) is 0 Å². The molecule has 0 spiro atoms. The molecule has 1 atom stereocenters. The lowest BCUT2D eigenvalue weighted by Crippen LogP contribution is -2.20. The van der Waals surface area contributed by atoms with E-state index >= 15 is 0 Å². The zero-order valence-corrected chi connectivity index (χ0v) is 8.02. The van der Waals surface area contributed by atoms with Crippen molar-refractivity contribution in [1.82, 2.24) is 0 Å². The van der Waals surface area contributed by atoms with Crippen molar-refractivity contribution in [2.24, 2.45) is 5.73 Å². The third-order valence-electron chi connectivity index (χ3n) is 1.85. The maximum absolute atomic E-state index is 11.8. The van der Waals surface area contributed by atoms with Crippen LogP contribution in [0.4, 0.5) is 4.39 Å². The first-order chi connectivity index (χ1) is 7.15. The molecule has 0 aliphatic heterocycles. The Hall–Kier alpha value is -1.62. The van der Waals surface area contributed by atoms with Gasteiger partial charge in [0.2, 0.25) is 0 Å². The summed E-state index contributed by atoms with van der Waals surface area (Å²) in [7, 11) is 0. The van der Waals surface area contributed by atoms with Gasteiger partial charge in [0.25, 0.3) is 0 Å². The number of aliphatic carboxylic acids is 1. The second-order valence-corrected chi connectivity index (χ2v) is 2.92. The van der Waals surface area contributed by atoms with Gasteiger partial charge < -0.3 is 15.6 Å². The second kappa shape index (κ2) is 5.31. The Morgan fingerprint density at radius 3 is 2.53 bits per heavy atom. The molecular weight excluding hydrogens is 201 g/mol. The predicted octanol–water partition coefficient (Wildman–Crippen LogP) is 1.12. The molecule has 0 saturated carbocycles. The molecule has 1 unspecified atom stereocenters. The molecule has 0 bridgehead atoms. The van der Waals surface area contributed by atoms with Gasteiger partial charge in [-0.25, -0.2) is 4.39 Å². The van der Waals surface area contributed by atoms with Gasteiger partial charge in [0.15, 0.2) is 0 Å². The Morgan fingerprint density at radius 1 is 1.47 bits per heavy atom. The maximum Gasteiger partial charge on any atom is 0.325 e. The molecule has 0 fully saturated rings. The van der Waals surface area contributed by atoms with E-state index in [1.807, 2.05) is 0 Å². The Bertz CT molecular complexity index is 326. The van der Waals surface area contributed by atoms with Gasteiger partial charge in [-0.2, -0.15) is 0 Å². The van der Waals surface area contributed by atoms with Crippen LogP contribution in [0.15, 0.2) is 24.3 Å². The zero-order valence-electron chi connectivity index (χ0n) is 8.02. The molecule has 3 N–H and O–H groups in total. The van der Waals surface area contributed by atoms with Crippen molar-refractivity contribution in [3.05, 3.63) is 29.8 Å². The summed E-state index contributed by atoms with van der Waals surface area (Å²) in [4.78, 5) is 10.6. The van der Waals surface area contributed by atoms with Crippen LogP contribution in [0.1, 0.15) is 11.6 Å². The van der Waals surface area contributed by atoms with Gasteiger partial charge in [-0.05, 0) is 17.7 Å². The van der Waals surface area contributed by atoms with Gasteiger partial charge in [0, 0.05) is 0 Å². The van der Waals surface area contributed by atoms with Gasteiger partial charge in [-0.3, -0.25) is 4.79 Å². The summed E-state index contributed by atoms with van der Waals surface area (Å²) >= 11 is 0. The highest BCUT2D eigenvalue weighted by molar-refractivity contribution is 5.75. The predicted molar refractivity (Wildman–Crippen MR) is 52.5 cm³/mol. The Kier molecular flexibility index (Phi) is 4.05. The molecule has 0 aliphatic carbocycles. The van der Waals surface area contributed by atoms with E-state index in [1.54, 1.807) is 24.3 Å². The van der Waals surface area contributed by atoms with Crippen LogP contribution in [0.3, 0.4) is 0 Å². The molecule has 82 valence electrons.